The molecule has 0 unspecified atom stereocenters. The van der Waals surface area contributed by atoms with Crippen LogP contribution >= 0.6 is 0 Å². The van der Waals surface area contributed by atoms with Gasteiger partial charge in [-0.3, -0.25) is 20.4 Å². The number of amides is 2. The second-order valence-corrected chi connectivity index (χ2v) is 5.90. The Hall–Kier alpha value is -3.68. The Morgan fingerprint density at radius 2 is 1.57 bits per heavy atom. The Balaban J connectivity index is 1.64. The Kier molecular flexibility index (Phi) is 5.69. The fraction of sp³-hybridized carbons (Fsp3) is 0.200. The lowest BCUT2D eigenvalue weighted by Crippen LogP contribution is -2.42. The maximum Gasteiger partial charge on any atom is 0.269 e. The number of hydrogen-bond acceptors (Lipinski definition) is 6. The summed E-state index contributed by atoms with van der Waals surface area (Å²) in [6.45, 7) is 0. The van der Waals surface area contributed by atoms with Crippen molar-refractivity contribution in [1.82, 2.24) is 10.9 Å². The quantitative estimate of drug-likeness (QED) is 0.634. The van der Waals surface area contributed by atoms with Crippen molar-refractivity contribution in [2.24, 2.45) is 0 Å². The van der Waals surface area contributed by atoms with Crippen molar-refractivity contribution < 1.29 is 28.2 Å². The van der Waals surface area contributed by atoms with E-state index in [9.17, 15) is 9.59 Å². The molecule has 8 nitrogen and oxygen atoms in total. The van der Waals surface area contributed by atoms with Gasteiger partial charge in [-0.2, -0.15) is 0 Å². The predicted molar refractivity (Wildman–Crippen MR) is 102 cm³/mol. The van der Waals surface area contributed by atoms with Gasteiger partial charge in [-0.25, -0.2) is 0 Å². The van der Waals surface area contributed by atoms with Crippen LogP contribution < -0.4 is 25.1 Å². The molecule has 2 amide bonds. The van der Waals surface area contributed by atoms with Gasteiger partial charge in [-0.1, -0.05) is 0 Å². The molecule has 0 fully saturated rings. The van der Waals surface area contributed by atoms with E-state index in [-0.39, 0.29) is 17.9 Å². The van der Waals surface area contributed by atoms with Gasteiger partial charge in [0.25, 0.3) is 5.91 Å². The summed E-state index contributed by atoms with van der Waals surface area (Å²) < 4.78 is 20.9. The first-order chi connectivity index (χ1) is 13.5. The number of hydrazine groups is 1. The number of carbonyl (C=O) groups is 2. The van der Waals surface area contributed by atoms with Crippen LogP contribution in [0.3, 0.4) is 0 Å². The molecule has 0 atom stereocenters. The van der Waals surface area contributed by atoms with Crippen LogP contribution in [-0.4, -0.2) is 33.1 Å². The number of hydrogen-bond donors (Lipinski definition) is 2. The summed E-state index contributed by atoms with van der Waals surface area (Å²) in [5.41, 5.74) is 6.39. The molecule has 2 N–H and O–H groups in total. The number of rotatable bonds is 6. The van der Waals surface area contributed by atoms with E-state index in [1.165, 1.54) is 20.5 Å². The first kappa shape index (κ1) is 19.1. The smallest absolute Gasteiger partial charge is 0.269 e. The maximum atomic E-state index is 12.3. The average Bonchev–Trinajstić information content (AvgIpc) is 3.13. The highest BCUT2D eigenvalue weighted by Crippen LogP contribution is 2.26. The van der Waals surface area contributed by atoms with Gasteiger partial charge in [-0.05, 0) is 24.3 Å². The monoisotopic (exact) mass is 384 g/mol. The largest absolute Gasteiger partial charge is 0.497 e. The number of benzene rings is 2. The van der Waals surface area contributed by atoms with E-state index in [1.54, 1.807) is 37.4 Å². The van der Waals surface area contributed by atoms with Crippen LogP contribution in [0.5, 0.6) is 17.2 Å². The lowest BCUT2D eigenvalue weighted by Gasteiger charge is -2.10. The summed E-state index contributed by atoms with van der Waals surface area (Å²) in [6.07, 6.45) is 1.56. The molecule has 0 aliphatic rings. The van der Waals surface area contributed by atoms with Crippen molar-refractivity contribution in [3.63, 3.8) is 0 Å². The van der Waals surface area contributed by atoms with Crippen LogP contribution in [0.25, 0.3) is 11.0 Å². The SMILES string of the molecule is COc1cc(OC)cc(C(=O)NNC(=O)Cc2coc3cc(OC)ccc23)c1. The summed E-state index contributed by atoms with van der Waals surface area (Å²) in [7, 11) is 4.55. The fourth-order valence-electron chi connectivity index (χ4n) is 2.68. The van der Waals surface area contributed by atoms with Crippen LogP contribution in [0.1, 0.15) is 15.9 Å². The van der Waals surface area contributed by atoms with E-state index < -0.39 is 5.91 Å². The molecular weight excluding hydrogens is 364 g/mol. The van der Waals surface area contributed by atoms with E-state index in [0.29, 0.717) is 28.4 Å². The molecule has 1 aromatic heterocycles. The predicted octanol–water partition coefficient (Wildman–Crippen LogP) is 2.46. The second-order valence-electron chi connectivity index (χ2n) is 5.90. The first-order valence-corrected chi connectivity index (χ1v) is 8.40. The number of fused-ring (bicyclic) bond motifs is 1. The molecule has 0 aliphatic carbocycles. The van der Waals surface area contributed by atoms with Crippen molar-refractivity contribution in [2.75, 3.05) is 21.3 Å². The molecule has 146 valence electrons. The zero-order chi connectivity index (χ0) is 20.1. The molecule has 0 spiro atoms. The number of ether oxygens (including phenoxy) is 3. The highest BCUT2D eigenvalue weighted by Gasteiger charge is 2.14. The van der Waals surface area contributed by atoms with Crippen LogP contribution in [0.2, 0.25) is 0 Å². The van der Waals surface area contributed by atoms with Gasteiger partial charge in [-0.15, -0.1) is 0 Å². The van der Waals surface area contributed by atoms with Crippen molar-refractivity contribution >= 4 is 22.8 Å². The van der Waals surface area contributed by atoms with Crippen molar-refractivity contribution in [3.05, 3.63) is 53.8 Å². The van der Waals surface area contributed by atoms with Gasteiger partial charge in [0.05, 0.1) is 34.0 Å². The molecule has 1 heterocycles. The first-order valence-electron chi connectivity index (χ1n) is 8.40. The number of carbonyl (C=O) groups excluding carboxylic acids is 2. The Morgan fingerprint density at radius 1 is 0.893 bits per heavy atom. The van der Waals surface area contributed by atoms with E-state index >= 15 is 0 Å². The molecule has 0 saturated heterocycles. The minimum Gasteiger partial charge on any atom is -0.497 e. The van der Waals surface area contributed by atoms with Gasteiger partial charge in [0.2, 0.25) is 5.91 Å². The molecule has 2 aromatic carbocycles. The Labute approximate surface area is 161 Å². The van der Waals surface area contributed by atoms with E-state index in [2.05, 4.69) is 10.9 Å². The molecule has 0 saturated carbocycles. The standard InChI is InChI=1S/C20H20N2O6/c1-25-14-4-5-17-13(11-28-18(17)10-14)8-19(23)21-22-20(24)12-6-15(26-2)9-16(7-12)27-3/h4-7,9-11H,8H2,1-3H3,(H,21,23)(H,22,24). The molecular formula is C20H20N2O6. The molecule has 0 aliphatic heterocycles. The van der Waals surface area contributed by atoms with Crippen LogP contribution in [0, 0.1) is 0 Å². The summed E-state index contributed by atoms with van der Waals surface area (Å²) in [6, 6.07) is 10.1. The van der Waals surface area contributed by atoms with Crippen molar-refractivity contribution in [3.8, 4) is 17.2 Å². The third-order valence-corrected chi connectivity index (χ3v) is 4.14. The fourth-order valence-corrected chi connectivity index (χ4v) is 2.68. The minimum atomic E-state index is -0.493. The molecule has 0 bridgehead atoms. The number of furan rings is 1. The zero-order valence-electron chi connectivity index (χ0n) is 15.7. The molecule has 3 rings (SSSR count). The lowest BCUT2D eigenvalue weighted by atomic mass is 10.1. The summed E-state index contributed by atoms with van der Waals surface area (Å²) >= 11 is 0. The Morgan fingerprint density at radius 3 is 2.21 bits per heavy atom. The van der Waals surface area contributed by atoms with E-state index in [4.69, 9.17) is 18.6 Å². The summed E-state index contributed by atoms with van der Waals surface area (Å²) in [4.78, 5) is 24.5. The normalized spacial score (nSPS) is 10.4. The van der Waals surface area contributed by atoms with Gasteiger partial charge in [0.15, 0.2) is 0 Å². The van der Waals surface area contributed by atoms with Gasteiger partial charge < -0.3 is 18.6 Å². The van der Waals surface area contributed by atoms with Crippen LogP contribution in [0.15, 0.2) is 47.1 Å². The molecule has 3 aromatic rings. The average molecular weight is 384 g/mol. The van der Waals surface area contributed by atoms with Crippen LogP contribution in [0.4, 0.5) is 0 Å². The van der Waals surface area contributed by atoms with Crippen molar-refractivity contribution in [1.29, 1.82) is 0 Å². The molecule has 8 heteroatoms. The summed E-state index contributed by atoms with van der Waals surface area (Å²) in [5.74, 6) is 0.722. The molecule has 28 heavy (non-hydrogen) atoms. The number of nitrogens with one attached hydrogen (secondary N) is 2. The van der Waals surface area contributed by atoms with Gasteiger partial charge in [0, 0.05) is 28.6 Å². The highest BCUT2D eigenvalue weighted by atomic mass is 16.5. The minimum absolute atomic E-state index is 0.0427. The zero-order valence-corrected chi connectivity index (χ0v) is 15.7. The lowest BCUT2D eigenvalue weighted by molar-refractivity contribution is -0.121. The maximum absolute atomic E-state index is 12.3. The van der Waals surface area contributed by atoms with Crippen LogP contribution in [-0.2, 0) is 11.2 Å². The van der Waals surface area contributed by atoms with Gasteiger partial charge in [0.1, 0.15) is 22.8 Å². The van der Waals surface area contributed by atoms with E-state index in [1.807, 2.05) is 6.07 Å². The molecule has 0 radical (unpaired) electrons. The second kappa shape index (κ2) is 8.34. The topological polar surface area (TPSA) is 99.0 Å². The van der Waals surface area contributed by atoms with Crippen molar-refractivity contribution in [2.45, 2.75) is 6.42 Å². The third kappa shape index (κ3) is 4.17. The van der Waals surface area contributed by atoms with Gasteiger partial charge >= 0.3 is 0 Å². The van der Waals surface area contributed by atoms with E-state index in [0.717, 1.165) is 5.39 Å². The Bertz CT molecular complexity index is 989. The highest BCUT2D eigenvalue weighted by molar-refractivity contribution is 5.96. The summed E-state index contributed by atoms with van der Waals surface area (Å²) in [5, 5.41) is 0.805. The third-order valence-electron chi connectivity index (χ3n) is 4.14. The number of methoxy groups -OCH3 is 3.